The number of halogens is 2. The van der Waals surface area contributed by atoms with E-state index in [1.165, 1.54) is 4.90 Å². The van der Waals surface area contributed by atoms with E-state index in [0.29, 0.717) is 21.3 Å². The molecule has 0 saturated heterocycles. The van der Waals surface area contributed by atoms with Crippen LogP contribution in [0.4, 0.5) is 5.69 Å². The van der Waals surface area contributed by atoms with Gasteiger partial charge in [-0.2, -0.15) is 0 Å². The molecule has 4 aromatic rings. The summed E-state index contributed by atoms with van der Waals surface area (Å²) in [7, 11) is -4.19. The fourth-order valence-electron chi connectivity index (χ4n) is 6.15. The minimum absolute atomic E-state index is 0.00994. The van der Waals surface area contributed by atoms with Gasteiger partial charge in [-0.15, -0.1) is 0 Å². The first kappa shape index (κ1) is 36.4. The molecule has 5 rings (SSSR count). The van der Waals surface area contributed by atoms with Gasteiger partial charge in [0.2, 0.25) is 11.8 Å². The third kappa shape index (κ3) is 9.24. The molecule has 10 heteroatoms. The fourth-order valence-corrected chi connectivity index (χ4v) is 7.88. The zero-order valence-electron chi connectivity index (χ0n) is 28.1. The summed E-state index contributed by atoms with van der Waals surface area (Å²) in [5, 5.41) is 3.87. The number of aryl methyl sites for hydroxylation is 1. The van der Waals surface area contributed by atoms with Crippen molar-refractivity contribution in [1.29, 1.82) is 0 Å². The Bertz CT molecular complexity index is 1840. The summed E-state index contributed by atoms with van der Waals surface area (Å²) in [6.45, 7) is 5.48. The summed E-state index contributed by atoms with van der Waals surface area (Å²) in [4.78, 5) is 30.5. The number of sulfonamides is 1. The van der Waals surface area contributed by atoms with Crippen LogP contribution >= 0.6 is 23.2 Å². The maximum Gasteiger partial charge on any atom is 0.264 e. The molecule has 1 fully saturated rings. The van der Waals surface area contributed by atoms with E-state index in [0.717, 1.165) is 46.7 Å². The van der Waals surface area contributed by atoms with E-state index in [-0.39, 0.29) is 35.7 Å². The summed E-state index contributed by atoms with van der Waals surface area (Å²) in [5.41, 5.74) is 3.82. The van der Waals surface area contributed by atoms with Gasteiger partial charge in [-0.25, -0.2) is 8.42 Å². The number of nitrogens with one attached hydrogen (secondary N) is 1. The molecule has 7 nitrogen and oxygen atoms in total. The van der Waals surface area contributed by atoms with Crippen LogP contribution in [0.25, 0.3) is 0 Å². The molecule has 0 aromatic heterocycles. The van der Waals surface area contributed by atoms with Crippen LogP contribution in [0.5, 0.6) is 0 Å². The van der Waals surface area contributed by atoms with E-state index in [4.69, 9.17) is 23.2 Å². The Morgan fingerprint density at radius 3 is 2.10 bits per heavy atom. The molecule has 4 aromatic carbocycles. The Kier molecular flexibility index (Phi) is 12.1. The third-order valence-corrected chi connectivity index (χ3v) is 11.6. The molecule has 0 bridgehead atoms. The predicted molar refractivity (Wildman–Crippen MR) is 198 cm³/mol. The van der Waals surface area contributed by atoms with Gasteiger partial charge in [0.25, 0.3) is 10.0 Å². The minimum Gasteiger partial charge on any atom is -0.352 e. The van der Waals surface area contributed by atoms with Crippen LogP contribution in [0.3, 0.4) is 0 Å². The normalized spacial score (nSPS) is 14.1. The molecule has 0 heterocycles. The smallest absolute Gasteiger partial charge is 0.264 e. The maximum absolute atomic E-state index is 14.7. The van der Waals surface area contributed by atoms with Gasteiger partial charge >= 0.3 is 0 Å². The number of rotatable bonds is 13. The maximum atomic E-state index is 14.7. The lowest BCUT2D eigenvalue weighted by atomic mass is 10.0. The molecular weight excluding hydrogens is 677 g/mol. The van der Waals surface area contributed by atoms with Gasteiger partial charge < -0.3 is 10.2 Å². The number of hydrogen-bond donors (Lipinski definition) is 1. The molecule has 0 unspecified atom stereocenters. The van der Waals surface area contributed by atoms with Gasteiger partial charge in [-0.05, 0) is 78.8 Å². The van der Waals surface area contributed by atoms with Gasteiger partial charge in [0, 0.05) is 19.0 Å². The Morgan fingerprint density at radius 1 is 0.837 bits per heavy atom. The lowest BCUT2D eigenvalue weighted by molar-refractivity contribution is -0.140. The second kappa shape index (κ2) is 16.2. The molecule has 0 spiro atoms. The average molecular weight is 721 g/mol. The standard InChI is InChI=1S/C39H43Cl2N3O4S/c1-27(2)31-16-18-33(19-17-31)44(49(47,48)34-20-13-28(3)14-21-34)26-38(45)43(25-30-15-22-35(40)36(41)23-30)37(24-29-9-5-4-6-10-29)39(46)42-32-11-7-8-12-32/h4-6,9-10,13-23,27,32,37H,7-8,11-12,24-26H2,1-3H3,(H,42,46)/t37-/m0/s1. The van der Waals surface area contributed by atoms with Crippen LogP contribution in [0.1, 0.15) is 67.7 Å². The van der Waals surface area contributed by atoms with Crippen molar-refractivity contribution in [3.63, 3.8) is 0 Å². The quantitative estimate of drug-likeness (QED) is 0.151. The lowest BCUT2D eigenvalue weighted by Gasteiger charge is -2.34. The van der Waals surface area contributed by atoms with E-state index in [1.54, 1.807) is 54.6 Å². The highest BCUT2D eigenvalue weighted by Gasteiger charge is 2.35. The predicted octanol–water partition coefficient (Wildman–Crippen LogP) is 8.32. The van der Waals surface area contributed by atoms with Crippen molar-refractivity contribution in [3.05, 3.63) is 129 Å². The summed E-state index contributed by atoms with van der Waals surface area (Å²) < 4.78 is 29.8. The molecule has 1 aliphatic carbocycles. The fraction of sp³-hybridized carbons (Fsp3) is 0.333. The molecule has 0 aliphatic heterocycles. The van der Waals surface area contributed by atoms with Crippen molar-refractivity contribution in [2.45, 2.75) is 82.3 Å². The Hall–Kier alpha value is -3.85. The molecule has 1 N–H and O–H groups in total. The highest BCUT2D eigenvalue weighted by molar-refractivity contribution is 7.92. The summed E-state index contributed by atoms with van der Waals surface area (Å²) in [6, 6.07) is 27.5. The molecule has 1 saturated carbocycles. The van der Waals surface area contributed by atoms with Crippen LogP contribution in [-0.4, -0.2) is 43.8 Å². The Balaban J connectivity index is 1.58. The molecule has 258 valence electrons. The molecular formula is C39H43Cl2N3O4S. The van der Waals surface area contributed by atoms with Crippen molar-refractivity contribution in [1.82, 2.24) is 10.2 Å². The molecule has 1 aliphatic rings. The van der Waals surface area contributed by atoms with Crippen molar-refractivity contribution in [3.8, 4) is 0 Å². The van der Waals surface area contributed by atoms with Crippen LogP contribution in [0, 0.1) is 6.92 Å². The first-order valence-corrected chi connectivity index (χ1v) is 18.9. The van der Waals surface area contributed by atoms with Crippen molar-refractivity contribution in [2.24, 2.45) is 0 Å². The van der Waals surface area contributed by atoms with Crippen LogP contribution < -0.4 is 9.62 Å². The van der Waals surface area contributed by atoms with Gasteiger partial charge in [0.05, 0.1) is 20.6 Å². The second-order valence-corrected chi connectivity index (χ2v) is 15.7. The number of nitrogens with zero attached hydrogens (tertiary/aromatic N) is 2. The van der Waals surface area contributed by atoms with E-state index < -0.39 is 28.5 Å². The summed E-state index contributed by atoms with van der Waals surface area (Å²) >= 11 is 12.6. The van der Waals surface area contributed by atoms with Crippen molar-refractivity contribution < 1.29 is 18.0 Å². The largest absolute Gasteiger partial charge is 0.352 e. The number of anilines is 1. The van der Waals surface area contributed by atoms with Gasteiger partial charge in [0.15, 0.2) is 0 Å². The first-order chi connectivity index (χ1) is 23.4. The molecule has 1 atom stereocenters. The number of amides is 2. The minimum atomic E-state index is -4.19. The zero-order chi connectivity index (χ0) is 35.1. The monoisotopic (exact) mass is 719 g/mol. The third-order valence-electron chi connectivity index (χ3n) is 9.05. The number of benzene rings is 4. The average Bonchev–Trinajstić information content (AvgIpc) is 3.60. The zero-order valence-corrected chi connectivity index (χ0v) is 30.4. The highest BCUT2D eigenvalue weighted by atomic mass is 35.5. The summed E-state index contributed by atoms with van der Waals surface area (Å²) in [6.07, 6.45) is 4.04. The molecule has 0 radical (unpaired) electrons. The van der Waals surface area contributed by atoms with Crippen molar-refractivity contribution in [2.75, 3.05) is 10.8 Å². The summed E-state index contributed by atoms with van der Waals surface area (Å²) in [5.74, 6) is -0.577. The van der Waals surface area contributed by atoms with E-state index >= 15 is 0 Å². The Labute approximate surface area is 300 Å². The number of hydrogen-bond acceptors (Lipinski definition) is 4. The van der Waals surface area contributed by atoms with Gasteiger partial charge in [-0.1, -0.05) is 116 Å². The van der Waals surface area contributed by atoms with Gasteiger partial charge in [0.1, 0.15) is 12.6 Å². The van der Waals surface area contributed by atoms with Crippen LogP contribution in [0.15, 0.2) is 102 Å². The van der Waals surface area contributed by atoms with Crippen molar-refractivity contribution >= 4 is 50.7 Å². The van der Waals surface area contributed by atoms with Crippen LogP contribution in [0.2, 0.25) is 10.0 Å². The Morgan fingerprint density at radius 2 is 1.49 bits per heavy atom. The van der Waals surface area contributed by atoms with E-state index in [9.17, 15) is 18.0 Å². The topological polar surface area (TPSA) is 86.8 Å². The second-order valence-electron chi connectivity index (χ2n) is 13.0. The molecule has 49 heavy (non-hydrogen) atoms. The van der Waals surface area contributed by atoms with E-state index in [2.05, 4.69) is 19.2 Å². The van der Waals surface area contributed by atoms with Crippen LogP contribution in [-0.2, 0) is 32.6 Å². The number of carbonyl (C=O) groups excluding carboxylic acids is 2. The van der Waals surface area contributed by atoms with E-state index in [1.807, 2.05) is 49.4 Å². The SMILES string of the molecule is Cc1ccc(S(=O)(=O)N(CC(=O)N(Cc2ccc(Cl)c(Cl)c2)[C@@H](Cc2ccccc2)C(=O)NC2CCCC2)c2ccc(C(C)C)cc2)cc1. The lowest BCUT2D eigenvalue weighted by Crippen LogP contribution is -2.54. The molecule has 2 amide bonds. The highest BCUT2D eigenvalue weighted by Crippen LogP contribution is 2.29. The number of carbonyl (C=O) groups is 2. The van der Waals surface area contributed by atoms with Gasteiger partial charge in [-0.3, -0.25) is 13.9 Å². The first-order valence-electron chi connectivity index (χ1n) is 16.7.